The molecule has 20 heavy (non-hydrogen) atoms. The van der Waals surface area contributed by atoms with Gasteiger partial charge in [-0.1, -0.05) is 13.8 Å². The summed E-state index contributed by atoms with van der Waals surface area (Å²) < 4.78 is 0. The molecular weight excluding hydrogens is 305 g/mol. The molecule has 6 nitrogen and oxygen atoms in total. The van der Waals surface area contributed by atoms with E-state index in [-0.39, 0.29) is 57.3 Å². The first-order chi connectivity index (χ1) is 8.81. The molecule has 0 bridgehead atoms. The van der Waals surface area contributed by atoms with Gasteiger partial charge in [0.2, 0.25) is 0 Å². The number of thiazole rings is 1. The molecule has 1 unspecified atom stereocenters. The SMILES string of the molecule is Cc1cnc(NC(=O)N(C)C(CC(C)C)C(=O)[O-])s1.[K+]. The van der Waals surface area contributed by atoms with Crippen LogP contribution in [0, 0.1) is 12.8 Å². The second kappa shape index (κ2) is 9.11. The molecule has 106 valence electrons. The number of hydrogen-bond donors (Lipinski definition) is 1. The molecule has 0 aromatic carbocycles. The molecule has 0 fully saturated rings. The minimum Gasteiger partial charge on any atom is -0.548 e. The van der Waals surface area contributed by atoms with Crippen LogP contribution in [0.3, 0.4) is 0 Å². The molecule has 0 saturated carbocycles. The normalized spacial score (nSPS) is 11.7. The first-order valence-electron chi connectivity index (χ1n) is 5.98. The van der Waals surface area contributed by atoms with E-state index in [2.05, 4.69) is 10.3 Å². The molecule has 1 N–H and O–H groups in total. The minimum atomic E-state index is -1.25. The van der Waals surface area contributed by atoms with E-state index in [0.717, 1.165) is 9.78 Å². The van der Waals surface area contributed by atoms with Gasteiger partial charge in [0, 0.05) is 18.1 Å². The van der Waals surface area contributed by atoms with Crippen molar-refractivity contribution >= 4 is 28.5 Å². The van der Waals surface area contributed by atoms with E-state index in [1.54, 1.807) is 6.20 Å². The number of carbonyl (C=O) groups excluding carboxylic acids is 2. The summed E-state index contributed by atoms with van der Waals surface area (Å²) in [6.45, 7) is 5.66. The van der Waals surface area contributed by atoms with E-state index in [4.69, 9.17) is 0 Å². The standard InChI is InChI=1S/C12H19N3O3S.K/c1-7(2)5-9(10(16)17)15(4)12(18)14-11-13-6-8(3)19-11;/h6-7,9H,5H2,1-4H3,(H,16,17)(H,13,14,18);/q;+1/p-1. The summed E-state index contributed by atoms with van der Waals surface area (Å²) in [6.07, 6.45) is 1.99. The predicted octanol–water partition coefficient (Wildman–Crippen LogP) is -1.92. The molecule has 1 rings (SSSR count). The van der Waals surface area contributed by atoms with Gasteiger partial charge in [-0.2, -0.15) is 0 Å². The van der Waals surface area contributed by atoms with Gasteiger partial charge in [0.25, 0.3) is 0 Å². The van der Waals surface area contributed by atoms with E-state index in [0.29, 0.717) is 11.6 Å². The van der Waals surface area contributed by atoms with E-state index in [1.807, 2.05) is 20.8 Å². The number of aryl methyl sites for hydroxylation is 1. The smallest absolute Gasteiger partial charge is 0.548 e. The maximum Gasteiger partial charge on any atom is 1.00 e. The fourth-order valence-corrected chi connectivity index (χ4v) is 2.25. The van der Waals surface area contributed by atoms with Crippen molar-refractivity contribution < 1.29 is 66.1 Å². The van der Waals surface area contributed by atoms with Gasteiger partial charge >= 0.3 is 57.4 Å². The molecule has 8 heteroatoms. The Morgan fingerprint density at radius 1 is 1.50 bits per heavy atom. The van der Waals surface area contributed by atoms with Crippen molar-refractivity contribution in [3.05, 3.63) is 11.1 Å². The Morgan fingerprint density at radius 3 is 2.50 bits per heavy atom. The number of urea groups is 1. The number of hydrogen-bond acceptors (Lipinski definition) is 5. The maximum absolute atomic E-state index is 11.9. The number of anilines is 1. The Morgan fingerprint density at radius 2 is 2.10 bits per heavy atom. The van der Waals surface area contributed by atoms with Crippen molar-refractivity contribution in [2.45, 2.75) is 33.2 Å². The van der Waals surface area contributed by atoms with Crippen LogP contribution in [0.15, 0.2) is 6.20 Å². The summed E-state index contributed by atoms with van der Waals surface area (Å²) in [6, 6.07) is -1.44. The maximum atomic E-state index is 11.9. The van der Waals surface area contributed by atoms with Crippen LogP contribution in [0.4, 0.5) is 9.93 Å². The fraction of sp³-hybridized carbons (Fsp3) is 0.583. The topological polar surface area (TPSA) is 85.4 Å². The van der Waals surface area contributed by atoms with Crippen LogP contribution < -0.4 is 61.8 Å². The number of carboxylic acids is 1. The number of amides is 2. The number of carboxylic acid groups (broad SMARTS) is 1. The first kappa shape index (κ1) is 20.0. The Bertz CT molecular complexity index is 465. The van der Waals surface area contributed by atoms with Crippen LogP contribution in [-0.2, 0) is 4.79 Å². The quantitative estimate of drug-likeness (QED) is 0.641. The van der Waals surface area contributed by atoms with Crippen molar-refractivity contribution in [1.82, 2.24) is 9.88 Å². The zero-order valence-corrected chi connectivity index (χ0v) is 16.4. The molecule has 1 aromatic heterocycles. The molecule has 1 atom stereocenters. The zero-order chi connectivity index (χ0) is 14.6. The summed E-state index contributed by atoms with van der Waals surface area (Å²) in [5.41, 5.74) is 0. The summed E-state index contributed by atoms with van der Waals surface area (Å²) in [4.78, 5) is 29.1. The van der Waals surface area contributed by atoms with E-state index < -0.39 is 18.0 Å². The van der Waals surface area contributed by atoms with E-state index in [9.17, 15) is 14.7 Å². The Hall–Kier alpha value is 0.00636. The van der Waals surface area contributed by atoms with Crippen LogP contribution in [0.5, 0.6) is 0 Å². The number of nitrogens with zero attached hydrogens (tertiary/aromatic N) is 2. The molecule has 1 heterocycles. The summed E-state index contributed by atoms with van der Waals surface area (Å²) >= 11 is 1.33. The van der Waals surface area contributed by atoms with Crippen LogP contribution >= 0.6 is 11.3 Å². The monoisotopic (exact) mass is 323 g/mol. The predicted molar refractivity (Wildman–Crippen MR) is 71.9 cm³/mol. The molecule has 0 saturated heterocycles. The Balaban J connectivity index is 0.00000361. The Labute approximate surface area is 165 Å². The van der Waals surface area contributed by atoms with Gasteiger partial charge in [0.05, 0.1) is 12.0 Å². The van der Waals surface area contributed by atoms with Crippen LogP contribution in [0.2, 0.25) is 0 Å². The number of aromatic nitrogens is 1. The second-order valence-electron chi connectivity index (χ2n) is 4.78. The molecule has 0 radical (unpaired) electrons. The number of aliphatic carboxylic acids is 1. The molecule has 1 aromatic rings. The molecule has 0 aliphatic carbocycles. The van der Waals surface area contributed by atoms with E-state index in [1.165, 1.54) is 18.4 Å². The summed E-state index contributed by atoms with van der Waals surface area (Å²) in [7, 11) is 1.44. The first-order valence-corrected chi connectivity index (χ1v) is 6.80. The third-order valence-corrected chi connectivity index (χ3v) is 3.42. The number of nitrogens with one attached hydrogen (secondary N) is 1. The van der Waals surface area contributed by atoms with Gasteiger partial charge in [-0.3, -0.25) is 5.32 Å². The minimum absolute atomic E-state index is 0. The van der Waals surface area contributed by atoms with Gasteiger partial charge < -0.3 is 14.8 Å². The second-order valence-corrected chi connectivity index (χ2v) is 6.02. The van der Waals surface area contributed by atoms with Gasteiger partial charge in [-0.25, -0.2) is 9.78 Å². The van der Waals surface area contributed by atoms with Crippen molar-refractivity contribution in [3.63, 3.8) is 0 Å². The van der Waals surface area contributed by atoms with Crippen molar-refractivity contribution in [2.75, 3.05) is 12.4 Å². The summed E-state index contributed by atoms with van der Waals surface area (Å²) in [5.74, 6) is -1.10. The number of rotatable bonds is 5. The largest absolute Gasteiger partial charge is 1.00 e. The third kappa shape index (κ3) is 6.19. The molecule has 0 aliphatic heterocycles. The van der Waals surface area contributed by atoms with Crippen molar-refractivity contribution in [2.24, 2.45) is 5.92 Å². The van der Waals surface area contributed by atoms with Crippen LogP contribution in [-0.4, -0.2) is 35.0 Å². The molecule has 2 amide bonds. The third-order valence-electron chi connectivity index (χ3n) is 2.59. The zero-order valence-electron chi connectivity index (χ0n) is 12.5. The Kier molecular flexibility index (Phi) is 9.11. The van der Waals surface area contributed by atoms with Gasteiger partial charge in [-0.05, 0) is 19.3 Å². The van der Waals surface area contributed by atoms with Gasteiger partial charge in [0.1, 0.15) is 0 Å². The average Bonchev–Trinajstić information content (AvgIpc) is 2.70. The summed E-state index contributed by atoms with van der Waals surface area (Å²) in [5, 5.41) is 14.1. The number of carbonyl (C=O) groups is 2. The average molecular weight is 323 g/mol. The van der Waals surface area contributed by atoms with Gasteiger partial charge in [0.15, 0.2) is 5.13 Å². The molecular formula is C12H18KN3O3S. The van der Waals surface area contributed by atoms with Crippen molar-refractivity contribution in [1.29, 1.82) is 0 Å². The fourth-order valence-electron chi connectivity index (χ4n) is 1.59. The number of likely N-dealkylation sites (N-methyl/N-ethyl adjacent to an activating group) is 1. The molecule has 0 spiro atoms. The van der Waals surface area contributed by atoms with Crippen LogP contribution in [0.1, 0.15) is 25.1 Å². The molecule has 0 aliphatic rings. The van der Waals surface area contributed by atoms with Crippen molar-refractivity contribution in [3.8, 4) is 0 Å². The van der Waals surface area contributed by atoms with E-state index >= 15 is 0 Å². The van der Waals surface area contributed by atoms with Gasteiger partial charge in [-0.15, -0.1) is 11.3 Å². The van der Waals surface area contributed by atoms with Crippen LogP contribution in [0.25, 0.3) is 0 Å².